The van der Waals surface area contributed by atoms with Crippen LogP contribution in [0.1, 0.15) is 25.7 Å². The van der Waals surface area contributed by atoms with Gasteiger partial charge in [-0.2, -0.15) is 13.1 Å². The monoisotopic (exact) mass is 191 g/mol. The van der Waals surface area contributed by atoms with Gasteiger partial charge in [0.05, 0.1) is 0 Å². The van der Waals surface area contributed by atoms with Gasteiger partial charge in [-0.1, -0.05) is 0 Å². The Hall–Kier alpha value is -0.130. The van der Waals surface area contributed by atoms with Crippen LogP contribution in [0.5, 0.6) is 0 Å². The quantitative estimate of drug-likeness (QED) is 0.669. The summed E-state index contributed by atoms with van der Waals surface area (Å²) < 4.78 is 26.9. The van der Waals surface area contributed by atoms with Gasteiger partial charge < -0.3 is 0 Å². The maximum absolute atomic E-state index is 11.0. The molecule has 0 amide bonds. The second-order valence-electron chi connectivity index (χ2n) is 2.97. The van der Waals surface area contributed by atoms with Crippen LogP contribution in [0.25, 0.3) is 0 Å². The third-order valence-corrected chi connectivity index (χ3v) is 3.21. The van der Waals surface area contributed by atoms with Crippen molar-refractivity contribution in [3.8, 4) is 0 Å². The highest BCUT2D eigenvalue weighted by molar-refractivity contribution is 7.87. The van der Waals surface area contributed by atoms with E-state index in [0.717, 1.165) is 25.7 Å². The van der Waals surface area contributed by atoms with Crippen molar-refractivity contribution < 1.29 is 8.42 Å². The van der Waals surface area contributed by atoms with Crippen LogP contribution in [-0.2, 0) is 10.2 Å². The summed E-state index contributed by atoms with van der Waals surface area (Å²) in [6.45, 7) is 0. The van der Waals surface area contributed by atoms with Gasteiger partial charge in [-0.05, 0) is 32.1 Å². The fraction of sp³-hybridized carbons (Fsp3) is 0.857. The molecule has 0 aromatic heterocycles. The molecule has 0 heterocycles. The minimum Gasteiger partial charge on any atom is -0.205 e. The molecule has 4 nitrogen and oxygen atoms in total. The summed E-state index contributed by atoms with van der Waals surface area (Å²) in [6.07, 6.45) is 6.06. The molecule has 0 spiro atoms. The summed E-state index contributed by atoms with van der Waals surface area (Å²) in [4.78, 5) is 0. The van der Waals surface area contributed by atoms with E-state index in [0.29, 0.717) is 0 Å². The predicted molar refractivity (Wildman–Crippen MR) is 47.7 cm³/mol. The number of rotatable bonds is 3. The Morgan fingerprint density at radius 1 is 1.33 bits per heavy atom. The molecule has 5 heteroatoms. The topological polar surface area (TPSA) is 58.2 Å². The first-order valence-electron chi connectivity index (χ1n) is 4.16. The van der Waals surface area contributed by atoms with Crippen molar-refractivity contribution in [2.75, 3.05) is 7.05 Å². The highest BCUT2D eigenvalue weighted by Crippen LogP contribution is 2.16. The van der Waals surface area contributed by atoms with E-state index in [4.69, 9.17) is 0 Å². The molecule has 0 aromatic rings. The van der Waals surface area contributed by atoms with Gasteiger partial charge in [-0.25, -0.2) is 4.72 Å². The number of nitrogens with one attached hydrogen (secondary N) is 2. The summed E-state index contributed by atoms with van der Waals surface area (Å²) >= 11 is 0. The molecule has 1 fully saturated rings. The standard InChI is InChI=1S/C7H15N2O2S/c1-8-12(10,11)9-7-5-3-2-4-6-7/h2,7-9H,3-6H2,1H3. The van der Waals surface area contributed by atoms with Gasteiger partial charge in [0.1, 0.15) is 0 Å². The lowest BCUT2D eigenvalue weighted by Crippen LogP contribution is -2.42. The van der Waals surface area contributed by atoms with Gasteiger partial charge in [0, 0.05) is 13.1 Å². The molecule has 0 aliphatic heterocycles. The maximum Gasteiger partial charge on any atom is 0.276 e. The molecular formula is C7H15N2O2S. The summed E-state index contributed by atoms with van der Waals surface area (Å²) in [7, 11) is -1.82. The van der Waals surface area contributed by atoms with Crippen LogP contribution in [0.2, 0.25) is 0 Å². The van der Waals surface area contributed by atoms with Gasteiger partial charge >= 0.3 is 0 Å². The highest BCUT2D eigenvalue weighted by Gasteiger charge is 2.18. The smallest absolute Gasteiger partial charge is 0.205 e. The van der Waals surface area contributed by atoms with Crippen molar-refractivity contribution in [3.63, 3.8) is 0 Å². The fourth-order valence-corrected chi connectivity index (χ4v) is 2.12. The van der Waals surface area contributed by atoms with E-state index < -0.39 is 10.2 Å². The molecule has 0 bridgehead atoms. The zero-order valence-electron chi connectivity index (χ0n) is 7.21. The van der Waals surface area contributed by atoms with Gasteiger partial charge in [0.25, 0.3) is 10.2 Å². The van der Waals surface area contributed by atoms with E-state index in [2.05, 4.69) is 15.9 Å². The minimum atomic E-state index is -3.23. The summed E-state index contributed by atoms with van der Waals surface area (Å²) in [5.74, 6) is 0. The Bertz CT molecular complexity index is 220. The first-order valence-corrected chi connectivity index (χ1v) is 5.65. The van der Waals surface area contributed by atoms with Crippen molar-refractivity contribution in [3.05, 3.63) is 6.42 Å². The Kier molecular flexibility index (Phi) is 3.49. The first-order chi connectivity index (χ1) is 5.64. The average molecular weight is 191 g/mol. The fourth-order valence-electron chi connectivity index (χ4n) is 1.32. The third-order valence-electron chi connectivity index (χ3n) is 2.03. The number of hydrogen-bond acceptors (Lipinski definition) is 2. The normalized spacial score (nSPS) is 21.1. The maximum atomic E-state index is 11.0. The van der Waals surface area contributed by atoms with E-state index in [-0.39, 0.29) is 6.04 Å². The molecule has 0 saturated heterocycles. The third kappa shape index (κ3) is 3.08. The summed E-state index contributed by atoms with van der Waals surface area (Å²) in [6, 6.07) is 0.118. The summed E-state index contributed by atoms with van der Waals surface area (Å²) in [5, 5.41) is 0. The van der Waals surface area contributed by atoms with Crippen LogP contribution in [0.15, 0.2) is 0 Å². The lowest BCUT2D eigenvalue weighted by Gasteiger charge is -2.21. The molecular weight excluding hydrogens is 176 g/mol. The van der Waals surface area contributed by atoms with Crippen molar-refractivity contribution in [1.29, 1.82) is 0 Å². The molecule has 0 aromatic carbocycles. The van der Waals surface area contributed by atoms with Crippen LogP contribution in [0, 0.1) is 6.42 Å². The molecule has 0 atom stereocenters. The van der Waals surface area contributed by atoms with Crippen LogP contribution in [0.4, 0.5) is 0 Å². The lowest BCUT2D eigenvalue weighted by molar-refractivity contribution is 0.459. The Balaban J connectivity index is 2.39. The number of hydrogen-bond donors (Lipinski definition) is 2. The van der Waals surface area contributed by atoms with Crippen molar-refractivity contribution >= 4 is 10.2 Å². The SMILES string of the molecule is CNS(=O)(=O)NC1CC[CH]CC1. The molecule has 1 aliphatic rings. The zero-order valence-corrected chi connectivity index (χ0v) is 8.02. The predicted octanol–water partition coefficient (Wildman–Crippen LogP) is 0.187. The second-order valence-corrected chi connectivity index (χ2v) is 4.62. The lowest BCUT2D eigenvalue weighted by atomic mass is 9.96. The average Bonchev–Trinajstić information content (AvgIpc) is 2.06. The van der Waals surface area contributed by atoms with E-state index >= 15 is 0 Å². The minimum absolute atomic E-state index is 0.118. The van der Waals surface area contributed by atoms with E-state index in [1.807, 2.05) is 0 Å². The molecule has 0 unspecified atom stereocenters. The molecule has 1 aliphatic carbocycles. The molecule has 71 valence electrons. The Labute approximate surface area is 73.9 Å². The van der Waals surface area contributed by atoms with Crippen LogP contribution < -0.4 is 9.44 Å². The van der Waals surface area contributed by atoms with Gasteiger partial charge in [0.2, 0.25) is 0 Å². The van der Waals surface area contributed by atoms with E-state index in [9.17, 15) is 8.42 Å². The van der Waals surface area contributed by atoms with Crippen LogP contribution in [0.3, 0.4) is 0 Å². The van der Waals surface area contributed by atoms with Crippen molar-refractivity contribution in [2.45, 2.75) is 31.7 Å². The first kappa shape index (κ1) is 9.95. The van der Waals surface area contributed by atoms with Crippen LogP contribution in [-0.4, -0.2) is 21.5 Å². The van der Waals surface area contributed by atoms with Crippen molar-refractivity contribution in [1.82, 2.24) is 9.44 Å². The van der Waals surface area contributed by atoms with Crippen molar-refractivity contribution in [2.24, 2.45) is 0 Å². The molecule has 12 heavy (non-hydrogen) atoms. The van der Waals surface area contributed by atoms with Crippen LogP contribution >= 0.6 is 0 Å². The largest absolute Gasteiger partial charge is 0.276 e. The summed E-state index contributed by atoms with van der Waals surface area (Å²) in [5.41, 5.74) is 0. The zero-order chi connectivity index (χ0) is 9.03. The van der Waals surface area contributed by atoms with E-state index in [1.165, 1.54) is 7.05 Å². The Morgan fingerprint density at radius 3 is 2.42 bits per heavy atom. The van der Waals surface area contributed by atoms with E-state index in [1.54, 1.807) is 0 Å². The molecule has 1 radical (unpaired) electrons. The molecule has 1 saturated carbocycles. The van der Waals surface area contributed by atoms with Gasteiger partial charge in [-0.3, -0.25) is 0 Å². The second kappa shape index (κ2) is 4.20. The molecule has 2 N–H and O–H groups in total. The highest BCUT2D eigenvalue weighted by atomic mass is 32.2. The van der Waals surface area contributed by atoms with Gasteiger partial charge in [-0.15, -0.1) is 0 Å². The van der Waals surface area contributed by atoms with Gasteiger partial charge in [0.15, 0.2) is 0 Å². The Morgan fingerprint density at radius 2 is 1.92 bits per heavy atom. The molecule has 1 rings (SSSR count).